The van der Waals surface area contributed by atoms with Crippen molar-refractivity contribution >= 4 is 33.5 Å². The van der Waals surface area contributed by atoms with Gasteiger partial charge in [-0.1, -0.05) is 71.0 Å². The van der Waals surface area contributed by atoms with E-state index >= 15 is 0 Å². The van der Waals surface area contributed by atoms with Gasteiger partial charge in [0.1, 0.15) is 6.54 Å². The summed E-state index contributed by atoms with van der Waals surface area (Å²) in [6.45, 7) is 0.931. The predicted molar refractivity (Wildman–Crippen MR) is 176 cm³/mol. The van der Waals surface area contributed by atoms with Crippen LogP contribution in [0.1, 0.15) is 35.4 Å². The maximum Gasteiger partial charge on any atom is 0.246 e. The van der Waals surface area contributed by atoms with Gasteiger partial charge < -0.3 is 20.4 Å². The van der Waals surface area contributed by atoms with Crippen LogP contribution in [0.2, 0.25) is 0 Å². The van der Waals surface area contributed by atoms with E-state index in [1.807, 2.05) is 89.8 Å². The average Bonchev–Trinajstić information content (AvgIpc) is 3.91. The SMILES string of the molecule is NC(=NO)c1ccc2[nH]ncc2c1.O=C1N(Cc2nc(-c3ccc4[nH]ncc4c3)no2)CCCC1(c1ccccc1)c1ccccc1. The van der Waals surface area contributed by atoms with Crippen LogP contribution in [-0.2, 0) is 16.8 Å². The van der Waals surface area contributed by atoms with Crippen molar-refractivity contribution in [3.63, 3.8) is 0 Å². The van der Waals surface area contributed by atoms with Gasteiger partial charge in [0.15, 0.2) is 5.84 Å². The molecule has 47 heavy (non-hydrogen) atoms. The molecule has 1 fully saturated rings. The number of nitrogens with two attached hydrogens (primary N) is 1. The van der Waals surface area contributed by atoms with Gasteiger partial charge in [-0.2, -0.15) is 15.2 Å². The zero-order valence-corrected chi connectivity index (χ0v) is 25.2. The number of aromatic nitrogens is 6. The van der Waals surface area contributed by atoms with Crippen LogP contribution in [0.3, 0.4) is 0 Å². The van der Waals surface area contributed by atoms with Crippen LogP contribution >= 0.6 is 0 Å². The van der Waals surface area contributed by atoms with E-state index in [9.17, 15) is 4.79 Å². The molecule has 1 amide bonds. The minimum atomic E-state index is -0.726. The van der Waals surface area contributed by atoms with Crippen LogP contribution in [0.4, 0.5) is 0 Å². The number of fused-ring (bicyclic) bond motifs is 2. The van der Waals surface area contributed by atoms with Crippen molar-refractivity contribution in [3.8, 4) is 11.4 Å². The van der Waals surface area contributed by atoms with Gasteiger partial charge >= 0.3 is 0 Å². The molecule has 4 aromatic carbocycles. The number of benzene rings is 4. The summed E-state index contributed by atoms with van der Waals surface area (Å²) in [7, 11) is 0. The maximum absolute atomic E-state index is 14.1. The molecule has 3 aromatic heterocycles. The number of oxime groups is 1. The molecule has 0 radical (unpaired) electrons. The molecule has 1 saturated heterocycles. The molecule has 12 heteroatoms. The molecule has 0 saturated carbocycles. The first-order valence-corrected chi connectivity index (χ1v) is 15.1. The number of carbonyl (C=O) groups excluding carboxylic acids is 1. The second kappa shape index (κ2) is 12.6. The quantitative estimate of drug-likeness (QED) is 0.0824. The monoisotopic (exact) mass is 625 g/mol. The fourth-order valence-corrected chi connectivity index (χ4v) is 6.15. The largest absolute Gasteiger partial charge is 0.409 e. The molecule has 0 aliphatic carbocycles. The smallest absolute Gasteiger partial charge is 0.246 e. The van der Waals surface area contributed by atoms with Crippen LogP contribution in [0.15, 0.2) is 119 Å². The number of piperidine rings is 1. The van der Waals surface area contributed by atoms with Crippen LogP contribution in [-0.4, -0.2) is 58.9 Å². The maximum atomic E-state index is 14.1. The fraction of sp³-hybridized carbons (Fsp3) is 0.143. The van der Waals surface area contributed by atoms with Gasteiger partial charge in [0.25, 0.3) is 0 Å². The number of nitrogens with one attached hydrogen (secondary N) is 2. The lowest BCUT2D eigenvalue weighted by atomic mass is 9.68. The van der Waals surface area contributed by atoms with Crippen molar-refractivity contribution in [3.05, 3.63) is 132 Å². The molecule has 4 heterocycles. The summed E-state index contributed by atoms with van der Waals surface area (Å²) in [6.07, 6.45) is 5.09. The molecule has 7 aromatic rings. The minimum absolute atomic E-state index is 0.0655. The Bertz CT molecular complexity index is 2130. The van der Waals surface area contributed by atoms with E-state index in [1.54, 1.807) is 24.5 Å². The Balaban J connectivity index is 0.000000226. The topological polar surface area (TPSA) is 175 Å². The Labute approximate surface area is 268 Å². The number of nitrogens with zero attached hydrogens (tertiary/aromatic N) is 6. The second-order valence-corrected chi connectivity index (χ2v) is 11.3. The Hall–Kier alpha value is -6.30. The van der Waals surface area contributed by atoms with E-state index in [0.717, 1.165) is 51.3 Å². The highest BCUT2D eigenvalue weighted by molar-refractivity contribution is 6.00. The highest BCUT2D eigenvalue weighted by Crippen LogP contribution is 2.41. The number of aromatic amines is 2. The Kier molecular flexibility index (Phi) is 7.88. The van der Waals surface area contributed by atoms with Crippen LogP contribution in [0.5, 0.6) is 0 Å². The molecular formula is C35H31N9O3. The summed E-state index contributed by atoms with van der Waals surface area (Å²) in [4.78, 5) is 20.5. The summed E-state index contributed by atoms with van der Waals surface area (Å²) in [5, 5.41) is 31.1. The van der Waals surface area contributed by atoms with E-state index in [1.165, 1.54) is 0 Å². The number of amides is 1. The predicted octanol–water partition coefficient (Wildman–Crippen LogP) is 5.38. The zero-order valence-electron chi connectivity index (χ0n) is 25.2. The summed E-state index contributed by atoms with van der Waals surface area (Å²) >= 11 is 0. The third kappa shape index (κ3) is 5.68. The molecule has 0 atom stereocenters. The third-order valence-electron chi connectivity index (χ3n) is 8.50. The van der Waals surface area contributed by atoms with Crippen molar-refractivity contribution in [2.24, 2.45) is 10.9 Å². The third-order valence-corrected chi connectivity index (χ3v) is 8.50. The minimum Gasteiger partial charge on any atom is -0.409 e. The van der Waals surface area contributed by atoms with Gasteiger partial charge in [-0.15, -0.1) is 0 Å². The summed E-state index contributed by atoms with van der Waals surface area (Å²) in [5.41, 5.74) is 10.1. The highest BCUT2D eigenvalue weighted by Gasteiger charge is 2.46. The Morgan fingerprint density at radius 3 is 2.19 bits per heavy atom. The molecule has 234 valence electrons. The first-order chi connectivity index (χ1) is 23.0. The van der Waals surface area contributed by atoms with Crippen LogP contribution in [0.25, 0.3) is 33.2 Å². The van der Waals surface area contributed by atoms with Gasteiger partial charge in [0.2, 0.25) is 17.6 Å². The van der Waals surface area contributed by atoms with E-state index in [2.05, 4.69) is 35.7 Å². The molecular weight excluding hydrogens is 594 g/mol. The molecule has 0 bridgehead atoms. The zero-order chi connectivity index (χ0) is 32.2. The van der Waals surface area contributed by atoms with Crippen molar-refractivity contribution in [1.82, 2.24) is 35.4 Å². The molecule has 0 unspecified atom stereocenters. The number of likely N-dealkylation sites (tertiary alicyclic amines) is 1. The fourth-order valence-electron chi connectivity index (χ4n) is 6.15. The molecule has 0 spiro atoms. The number of hydrogen-bond acceptors (Lipinski definition) is 8. The van der Waals surface area contributed by atoms with E-state index in [0.29, 0.717) is 23.8 Å². The standard InChI is InChI=1S/C27H23N5O2.C8H8N4O/c33-26-27(21-8-3-1-4-9-21,22-10-5-2-6-11-22)14-7-15-32(26)18-24-29-25(31-34-24)19-12-13-23-20(16-19)17-28-30-23;9-8(12-13)5-1-2-7-6(3-5)4-10-11-7/h1-6,8-13,16-17H,7,14-15,18H2,(H,28,30);1-4,13H,(H2,9,12)(H,10,11). The number of rotatable bonds is 6. The van der Waals surface area contributed by atoms with E-state index < -0.39 is 5.41 Å². The first kappa shape index (κ1) is 29.4. The molecule has 8 rings (SSSR count). The molecule has 12 nitrogen and oxygen atoms in total. The summed E-state index contributed by atoms with van der Waals surface area (Å²) in [6, 6.07) is 31.3. The summed E-state index contributed by atoms with van der Waals surface area (Å²) < 4.78 is 5.56. The summed E-state index contributed by atoms with van der Waals surface area (Å²) in [5.74, 6) is 1.09. The average molecular weight is 626 g/mol. The lowest BCUT2D eigenvalue weighted by Crippen LogP contribution is -2.51. The van der Waals surface area contributed by atoms with Gasteiger partial charge in [-0.3, -0.25) is 15.0 Å². The van der Waals surface area contributed by atoms with Gasteiger partial charge in [0, 0.05) is 28.4 Å². The van der Waals surface area contributed by atoms with Gasteiger partial charge in [0.05, 0.1) is 28.8 Å². The normalized spacial score (nSPS) is 14.7. The first-order valence-electron chi connectivity index (χ1n) is 15.1. The van der Waals surface area contributed by atoms with Crippen molar-refractivity contribution in [2.75, 3.05) is 6.54 Å². The molecule has 1 aliphatic heterocycles. The van der Waals surface area contributed by atoms with Gasteiger partial charge in [-0.25, -0.2) is 0 Å². The van der Waals surface area contributed by atoms with Crippen molar-refractivity contribution in [1.29, 1.82) is 0 Å². The number of H-pyrrole nitrogens is 2. The lowest BCUT2D eigenvalue weighted by Gasteiger charge is -2.42. The lowest BCUT2D eigenvalue weighted by molar-refractivity contribution is -0.140. The highest BCUT2D eigenvalue weighted by atomic mass is 16.5. The number of amidine groups is 1. The number of hydrogen-bond donors (Lipinski definition) is 4. The van der Waals surface area contributed by atoms with E-state index in [-0.39, 0.29) is 18.3 Å². The Morgan fingerprint density at radius 2 is 1.53 bits per heavy atom. The molecule has 5 N–H and O–H groups in total. The van der Waals surface area contributed by atoms with Crippen molar-refractivity contribution in [2.45, 2.75) is 24.8 Å². The second-order valence-electron chi connectivity index (χ2n) is 11.3. The van der Waals surface area contributed by atoms with Crippen molar-refractivity contribution < 1.29 is 14.5 Å². The van der Waals surface area contributed by atoms with Crippen LogP contribution < -0.4 is 5.73 Å². The van der Waals surface area contributed by atoms with E-state index in [4.69, 9.17) is 15.5 Å². The number of carbonyl (C=O) groups is 1. The Morgan fingerprint density at radius 1 is 0.894 bits per heavy atom. The van der Waals surface area contributed by atoms with Crippen LogP contribution in [0, 0.1) is 0 Å². The van der Waals surface area contributed by atoms with Gasteiger partial charge in [-0.05, 0) is 60.4 Å². The molecule has 1 aliphatic rings.